The Morgan fingerprint density at radius 1 is 0.736 bits per heavy atom. The van der Waals surface area contributed by atoms with E-state index in [4.69, 9.17) is 10.5 Å². The van der Waals surface area contributed by atoms with Crippen molar-refractivity contribution in [1.29, 1.82) is 0 Å². The molecule has 0 aliphatic carbocycles. The summed E-state index contributed by atoms with van der Waals surface area (Å²) in [5.41, 5.74) is 7.01. The fraction of sp³-hybridized carbons (Fsp3) is 0.492. The molecular formula is C59H77N13O19. The molecule has 0 spiro atoms. The number of carboxylic acids is 1. The highest BCUT2D eigenvalue weighted by Crippen LogP contribution is 2.30. The maximum Gasteiger partial charge on any atom is 0.331 e. The maximum absolute atomic E-state index is 15.3. The molecule has 3 saturated heterocycles. The van der Waals surface area contributed by atoms with Gasteiger partial charge in [-0.2, -0.15) is 0 Å². The van der Waals surface area contributed by atoms with Gasteiger partial charge in [-0.15, -0.1) is 0 Å². The Morgan fingerprint density at radius 2 is 1.33 bits per heavy atom. The smallest absolute Gasteiger partial charge is 0.331 e. The molecule has 15 unspecified atom stereocenters. The molecule has 32 heteroatoms. The molecule has 91 heavy (non-hydrogen) atoms. The number of benzene rings is 2. The van der Waals surface area contributed by atoms with E-state index < -0.39 is 200 Å². The normalized spacial score (nSPS) is 27.0. The van der Waals surface area contributed by atoms with E-state index in [0.29, 0.717) is 32.9 Å². The second-order valence-electron chi connectivity index (χ2n) is 23.1. The van der Waals surface area contributed by atoms with Crippen LogP contribution in [0.4, 0.5) is 0 Å². The molecule has 3 aliphatic rings. The largest absolute Gasteiger partial charge is 0.480 e. The molecule has 3 fully saturated rings. The number of hydrogen-bond donors (Lipinski definition) is 17. The SMILES string of the molecule is CC1NC(=O)C(C(C)O)NC(=O)C(NC(=O)C(CO)NC(=O)CC(N)C(=O)O)C(C)OC(=O)C2C(O)CCN2C(=O)C(C(O)C(C)C)NC(=O)C(C(C)c2c[nH]c3ccccc23)NC(=O)C(=Cc2c[nH]c3ccccc23)NC(=O)C2C(O)CCN2C(=O)CNC1=O. The van der Waals surface area contributed by atoms with Gasteiger partial charge in [0.15, 0.2) is 6.04 Å². The first-order valence-corrected chi connectivity index (χ1v) is 29.4. The standard InChI is InChI=1S/C59H77N13O19/c1-25(2)49(79)46-57(87)72-18-16-40(76)48(72)59(90)91-29(6)45(69-52(82)38(24-73)65-41(77)20-34(60)58(88)89)55(85)68-44(28(5)74)54(84)64-27(4)50(80)63-23-42(78)71-17-15-39(75)47(71)56(86)66-37(19-30-21-61-35-13-9-7-11-31(30)35)51(81)67-43(53(83)70-46)26(3)33-22-62-36-14-10-8-12-32(33)36/h7-14,19,21-22,25-29,34,38-40,43-49,61-62,73-76,79H,15-18,20,23-24,60H2,1-6H3,(H,63,80)(H,64,84)(H,65,77)(H,66,86)(H,67,81)(H,68,85)(H,69,82)(H,70,83)(H,88,89). The number of para-hydroxylation sites is 2. The molecule has 3 aliphatic heterocycles. The van der Waals surface area contributed by atoms with Crippen LogP contribution in [0, 0.1) is 5.92 Å². The highest BCUT2D eigenvalue weighted by Gasteiger charge is 2.49. The van der Waals surface area contributed by atoms with Crippen molar-refractivity contribution in [2.24, 2.45) is 11.7 Å². The van der Waals surface area contributed by atoms with Crippen molar-refractivity contribution >= 4 is 98.9 Å². The third-order valence-corrected chi connectivity index (χ3v) is 16.2. The summed E-state index contributed by atoms with van der Waals surface area (Å²) in [5, 5.41) is 85.0. The van der Waals surface area contributed by atoms with E-state index in [-0.39, 0.29) is 19.4 Å². The zero-order valence-electron chi connectivity index (χ0n) is 50.5. The summed E-state index contributed by atoms with van der Waals surface area (Å²) < 4.78 is 5.70. The van der Waals surface area contributed by atoms with Crippen molar-refractivity contribution in [2.75, 3.05) is 26.2 Å². The molecule has 18 N–H and O–H groups in total. The number of rotatable bonds is 13. The second-order valence-corrected chi connectivity index (χ2v) is 23.1. The third kappa shape index (κ3) is 16.2. The van der Waals surface area contributed by atoms with E-state index in [2.05, 4.69) is 52.5 Å². The second kappa shape index (κ2) is 30.0. The van der Waals surface area contributed by atoms with Crippen LogP contribution in [0.2, 0.25) is 0 Å². The van der Waals surface area contributed by atoms with Gasteiger partial charge in [0.1, 0.15) is 60.1 Å². The number of amides is 10. The highest BCUT2D eigenvalue weighted by atomic mass is 16.5. The number of H-pyrrole nitrogens is 2. The van der Waals surface area contributed by atoms with Crippen LogP contribution < -0.4 is 48.3 Å². The lowest BCUT2D eigenvalue weighted by atomic mass is 9.91. The van der Waals surface area contributed by atoms with Crippen molar-refractivity contribution < 1.29 is 92.9 Å². The minimum Gasteiger partial charge on any atom is -0.480 e. The number of nitrogens with two attached hydrogens (primary N) is 1. The van der Waals surface area contributed by atoms with Crippen molar-refractivity contribution in [3.05, 3.63) is 77.7 Å². The molecule has 7 rings (SSSR count). The molecule has 5 heterocycles. The zero-order chi connectivity index (χ0) is 66.9. The lowest BCUT2D eigenvalue weighted by molar-refractivity contribution is -0.164. The third-order valence-electron chi connectivity index (χ3n) is 16.2. The number of hydrogen-bond acceptors (Lipinski definition) is 19. The molecule has 2 aromatic carbocycles. The van der Waals surface area contributed by atoms with Crippen molar-refractivity contribution in [3.8, 4) is 0 Å². The van der Waals surface area contributed by atoms with Crippen molar-refractivity contribution in [3.63, 3.8) is 0 Å². The van der Waals surface area contributed by atoms with Gasteiger partial charge in [-0.05, 0) is 63.3 Å². The predicted molar refractivity (Wildman–Crippen MR) is 319 cm³/mol. The topological polar surface area (TPSA) is 496 Å². The van der Waals surface area contributed by atoms with Gasteiger partial charge >= 0.3 is 11.9 Å². The van der Waals surface area contributed by atoms with Crippen molar-refractivity contribution in [1.82, 2.24) is 62.3 Å². The Morgan fingerprint density at radius 3 is 1.97 bits per heavy atom. The maximum atomic E-state index is 15.3. The molecule has 0 bridgehead atoms. The number of cyclic esters (lactones) is 1. The molecule has 2 aromatic heterocycles. The van der Waals surface area contributed by atoms with Crippen LogP contribution >= 0.6 is 0 Å². The molecule has 15 atom stereocenters. The van der Waals surface area contributed by atoms with Crippen LogP contribution in [-0.2, 0) is 62.3 Å². The van der Waals surface area contributed by atoms with E-state index in [1.165, 1.54) is 26.1 Å². The molecule has 0 radical (unpaired) electrons. The highest BCUT2D eigenvalue weighted by molar-refractivity contribution is 6.07. The molecule has 10 amide bonds. The van der Waals surface area contributed by atoms with Crippen molar-refractivity contribution in [2.45, 2.75) is 152 Å². The molecule has 32 nitrogen and oxygen atoms in total. The molecule has 492 valence electrons. The number of carboxylic acid groups (broad SMARTS) is 1. The number of ether oxygens (including phenoxy) is 1. The van der Waals surface area contributed by atoms with Gasteiger partial charge in [0.2, 0.25) is 53.2 Å². The quantitative estimate of drug-likeness (QED) is 0.0440. The average molecular weight is 1270 g/mol. The fourth-order valence-electron chi connectivity index (χ4n) is 10.9. The van der Waals surface area contributed by atoms with Gasteiger partial charge < -0.3 is 103 Å². The first-order valence-electron chi connectivity index (χ1n) is 29.4. The number of nitrogens with zero attached hydrogens (tertiary/aromatic N) is 2. The molecular weight excluding hydrogens is 1190 g/mol. The van der Waals surface area contributed by atoms with Gasteiger partial charge in [0.25, 0.3) is 5.91 Å². The Balaban J connectivity index is 1.31. The molecule has 4 aromatic rings. The average Bonchev–Trinajstić information content (AvgIpc) is 1.88. The van der Waals surface area contributed by atoms with Crippen LogP contribution in [0.15, 0.2) is 66.6 Å². The predicted octanol–water partition coefficient (Wildman–Crippen LogP) is -4.98. The number of aliphatic carboxylic acids is 1. The monoisotopic (exact) mass is 1270 g/mol. The number of aromatic nitrogens is 2. The van der Waals surface area contributed by atoms with Crippen LogP contribution in [0.3, 0.4) is 0 Å². The van der Waals surface area contributed by atoms with E-state index in [0.717, 1.165) is 30.6 Å². The fourth-order valence-corrected chi connectivity index (χ4v) is 10.9. The number of esters is 1. The number of aromatic amines is 2. The summed E-state index contributed by atoms with van der Waals surface area (Å²) in [4.78, 5) is 176. The first kappa shape index (κ1) is 69.1. The van der Waals surface area contributed by atoms with Gasteiger partial charge in [0.05, 0.1) is 44.0 Å². The summed E-state index contributed by atoms with van der Waals surface area (Å²) in [6, 6.07) is -2.95. The molecule has 0 saturated carbocycles. The number of aliphatic hydroxyl groups excluding tert-OH is 5. The number of fused-ring (bicyclic) bond motifs is 4. The first-order chi connectivity index (χ1) is 43.0. The van der Waals surface area contributed by atoms with Crippen LogP contribution in [0.5, 0.6) is 0 Å². The van der Waals surface area contributed by atoms with Gasteiger partial charge in [-0.25, -0.2) is 4.79 Å². The lowest BCUT2D eigenvalue weighted by Gasteiger charge is -2.35. The summed E-state index contributed by atoms with van der Waals surface area (Å²) in [7, 11) is 0. The Hall–Kier alpha value is -9.34. The van der Waals surface area contributed by atoms with Crippen LogP contribution in [-0.4, -0.2) is 233 Å². The number of carbonyl (C=O) groups is 12. The lowest BCUT2D eigenvalue weighted by Crippen LogP contribution is -2.64. The van der Waals surface area contributed by atoms with E-state index in [1.54, 1.807) is 61.7 Å². The summed E-state index contributed by atoms with van der Waals surface area (Å²) in [6.07, 6.45) is -5.75. The van der Waals surface area contributed by atoms with E-state index in [1.807, 2.05) is 0 Å². The summed E-state index contributed by atoms with van der Waals surface area (Å²) >= 11 is 0. The van der Waals surface area contributed by atoms with Gasteiger partial charge in [-0.3, -0.25) is 52.7 Å². The minimum absolute atomic E-state index is 0.153. The number of aliphatic hydroxyl groups is 5. The minimum atomic E-state index is -2.19. The summed E-state index contributed by atoms with van der Waals surface area (Å²) in [6.45, 7) is 5.13. The Labute approximate surface area is 519 Å². The van der Waals surface area contributed by atoms with E-state index >= 15 is 14.4 Å². The number of carbonyl (C=O) groups excluding carboxylic acids is 11. The van der Waals surface area contributed by atoms with E-state index in [9.17, 15) is 73.8 Å². The Bertz CT molecular complexity index is 3460. The zero-order valence-corrected chi connectivity index (χ0v) is 50.5. The van der Waals surface area contributed by atoms with Crippen LogP contribution in [0.25, 0.3) is 27.9 Å². The summed E-state index contributed by atoms with van der Waals surface area (Å²) in [5.74, 6) is -16.5. The Kier molecular flexibility index (Phi) is 22.8. The van der Waals surface area contributed by atoms with Gasteiger partial charge in [-0.1, -0.05) is 57.2 Å². The number of nitrogens with one attached hydrogen (secondary N) is 10. The van der Waals surface area contributed by atoms with Gasteiger partial charge in [0, 0.05) is 58.8 Å². The van der Waals surface area contributed by atoms with Crippen LogP contribution in [0.1, 0.15) is 77.8 Å².